The molecular formula is C17H24N4O3. The Bertz CT molecular complexity index is 752. The van der Waals surface area contributed by atoms with Gasteiger partial charge in [0.25, 0.3) is 0 Å². The van der Waals surface area contributed by atoms with Crippen LogP contribution < -0.4 is 16.3 Å². The molecule has 1 aromatic carbocycles. The molecule has 1 aliphatic carbocycles. The Balaban J connectivity index is 1.53. The Morgan fingerprint density at radius 1 is 1.29 bits per heavy atom. The number of hydrogen-bond acceptors (Lipinski definition) is 3. The van der Waals surface area contributed by atoms with Gasteiger partial charge in [-0.25, -0.2) is 9.59 Å². The third kappa shape index (κ3) is 3.62. The van der Waals surface area contributed by atoms with Gasteiger partial charge in [-0.3, -0.25) is 4.57 Å². The molecule has 1 fully saturated rings. The smallest absolute Gasteiger partial charge is 0.326 e. The predicted molar refractivity (Wildman–Crippen MR) is 91.9 cm³/mol. The van der Waals surface area contributed by atoms with Crippen LogP contribution in [0, 0.1) is 5.92 Å². The molecule has 0 bridgehead atoms. The molecule has 1 saturated carbocycles. The van der Waals surface area contributed by atoms with E-state index < -0.39 is 0 Å². The van der Waals surface area contributed by atoms with Crippen LogP contribution in [0.3, 0.4) is 0 Å². The van der Waals surface area contributed by atoms with Gasteiger partial charge in [-0.1, -0.05) is 25.0 Å². The highest BCUT2D eigenvalue weighted by atomic mass is 16.3. The fourth-order valence-electron chi connectivity index (χ4n) is 3.45. The van der Waals surface area contributed by atoms with Crippen molar-refractivity contribution < 1.29 is 9.90 Å². The molecule has 4 N–H and O–H groups in total. The van der Waals surface area contributed by atoms with E-state index in [2.05, 4.69) is 15.6 Å². The van der Waals surface area contributed by atoms with Crippen LogP contribution in [0.15, 0.2) is 29.1 Å². The van der Waals surface area contributed by atoms with Gasteiger partial charge in [0.2, 0.25) is 0 Å². The molecule has 3 rings (SSSR count). The lowest BCUT2D eigenvalue weighted by Crippen LogP contribution is -2.48. The first kappa shape index (κ1) is 16.6. The Morgan fingerprint density at radius 3 is 2.92 bits per heavy atom. The molecule has 2 amide bonds. The number of hydrogen-bond donors (Lipinski definition) is 4. The number of nitrogens with zero attached hydrogens (tertiary/aromatic N) is 1. The molecule has 7 nitrogen and oxygen atoms in total. The van der Waals surface area contributed by atoms with Gasteiger partial charge in [0.05, 0.1) is 11.0 Å². The number of para-hydroxylation sites is 2. The molecule has 7 heteroatoms. The van der Waals surface area contributed by atoms with Gasteiger partial charge >= 0.3 is 11.7 Å². The SMILES string of the molecule is O=C(NCCn1c(=O)[nH]c2ccccc21)NC1CCCCC1CO. The lowest BCUT2D eigenvalue weighted by molar-refractivity contribution is 0.153. The van der Waals surface area contributed by atoms with Crippen LogP contribution in [0.4, 0.5) is 4.79 Å². The highest BCUT2D eigenvalue weighted by molar-refractivity contribution is 5.75. The molecule has 24 heavy (non-hydrogen) atoms. The molecule has 1 aliphatic rings. The number of aromatic amines is 1. The Morgan fingerprint density at radius 2 is 2.08 bits per heavy atom. The van der Waals surface area contributed by atoms with Crippen molar-refractivity contribution >= 4 is 17.1 Å². The number of carbonyl (C=O) groups excluding carboxylic acids is 1. The van der Waals surface area contributed by atoms with E-state index in [4.69, 9.17) is 0 Å². The normalized spacial score (nSPS) is 20.9. The van der Waals surface area contributed by atoms with Crippen LogP contribution in [-0.2, 0) is 6.54 Å². The van der Waals surface area contributed by atoms with Crippen LogP contribution in [0.25, 0.3) is 11.0 Å². The summed E-state index contributed by atoms with van der Waals surface area (Å²) in [4.78, 5) is 26.8. The van der Waals surface area contributed by atoms with E-state index in [1.54, 1.807) is 4.57 Å². The van der Waals surface area contributed by atoms with Gasteiger partial charge in [0.1, 0.15) is 0 Å². The zero-order chi connectivity index (χ0) is 16.9. The van der Waals surface area contributed by atoms with E-state index in [0.717, 1.165) is 36.7 Å². The molecule has 2 atom stereocenters. The summed E-state index contributed by atoms with van der Waals surface area (Å²) >= 11 is 0. The number of aliphatic hydroxyl groups is 1. The summed E-state index contributed by atoms with van der Waals surface area (Å²) < 4.78 is 1.62. The summed E-state index contributed by atoms with van der Waals surface area (Å²) in [6.45, 7) is 0.879. The average Bonchev–Trinajstić information content (AvgIpc) is 2.91. The van der Waals surface area contributed by atoms with E-state index in [0.29, 0.717) is 13.1 Å². The number of rotatable bonds is 5. The molecular weight excluding hydrogens is 308 g/mol. The summed E-state index contributed by atoms with van der Waals surface area (Å²) in [5.74, 6) is 0.140. The van der Waals surface area contributed by atoms with Gasteiger partial charge < -0.3 is 20.7 Å². The summed E-state index contributed by atoms with van der Waals surface area (Å²) in [6, 6.07) is 7.26. The number of aromatic nitrogens is 2. The Hall–Kier alpha value is -2.28. The largest absolute Gasteiger partial charge is 0.396 e. The van der Waals surface area contributed by atoms with Gasteiger partial charge in [0, 0.05) is 31.7 Å². The number of fused-ring (bicyclic) bond motifs is 1. The topological polar surface area (TPSA) is 99.2 Å². The fraction of sp³-hybridized carbons (Fsp3) is 0.529. The number of amides is 2. The summed E-state index contributed by atoms with van der Waals surface area (Å²) in [6.07, 6.45) is 4.04. The molecule has 2 aromatic rings. The number of carbonyl (C=O) groups is 1. The van der Waals surface area contributed by atoms with E-state index >= 15 is 0 Å². The number of H-pyrrole nitrogens is 1. The number of benzene rings is 1. The number of aliphatic hydroxyl groups excluding tert-OH is 1. The van der Waals surface area contributed by atoms with Crippen LogP contribution in [0.5, 0.6) is 0 Å². The van der Waals surface area contributed by atoms with E-state index in [9.17, 15) is 14.7 Å². The molecule has 1 aromatic heterocycles. The second-order valence-corrected chi connectivity index (χ2v) is 6.33. The first-order valence-electron chi connectivity index (χ1n) is 8.52. The van der Waals surface area contributed by atoms with Crippen LogP contribution >= 0.6 is 0 Å². The predicted octanol–water partition coefficient (Wildman–Crippen LogP) is 1.18. The summed E-state index contributed by atoms with van der Waals surface area (Å²) in [5.41, 5.74) is 1.45. The third-order valence-electron chi connectivity index (χ3n) is 4.76. The number of urea groups is 1. The second kappa shape index (κ2) is 7.53. The molecule has 2 unspecified atom stereocenters. The minimum absolute atomic E-state index is 0.0274. The Kier molecular flexibility index (Phi) is 5.20. The quantitative estimate of drug-likeness (QED) is 0.661. The Labute approximate surface area is 140 Å². The van der Waals surface area contributed by atoms with E-state index in [-0.39, 0.29) is 30.3 Å². The van der Waals surface area contributed by atoms with Crippen molar-refractivity contribution in [2.24, 2.45) is 5.92 Å². The zero-order valence-corrected chi connectivity index (χ0v) is 13.6. The monoisotopic (exact) mass is 332 g/mol. The standard InChI is InChI=1S/C17H24N4O3/c22-11-12-5-1-2-6-13(12)19-16(23)18-9-10-21-15-8-4-3-7-14(15)20-17(21)24/h3-4,7-8,12-13,22H,1-2,5-6,9-11H2,(H,20,24)(H2,18,19,23). The van der Waals surface area contributed by atoms with Gasteiger partial charge in [0.15, 0.2) is 0 Å². The second-order valence-electron chi connectivity index (χ2n) is 6.33. The first-order valence-corrected chi connectivity index (χ1v) is 8.52. The van der Waals surface area contributed by atoms with Gasteiger partial charge in [-0.15, -0.1) is 0 Å². The number of nitrogens with one attached hydrogen (secondary N) is 3. The zero-order valence-electron chi connectivity index (χ0n) is 13.6. The minimum atomic E-state index is -0.242. The maximum absolute atomic E-state index is 12.1. The van der Waals surface area contributed by atoms with Crippen molar-refractivity contribution in [3.05, 3.63) is 34.7 Å². The van der Waals surface area contributed by atoms with Crippen molar-refractivity contribution in [1.82, 2.24) is 20.2 Å². The van der Waals surface area contributed by atoms with Crippen molar-refractivity contribution in [3.63, 3.8) is 0 Å². The summed E-state index contributed by atoms with van der Waals surface area (Å²) in [7, 11) is 0. The minimum Gasteiger partial charge on any atom is -0.396 e. The molecule has 130 valence electrons. The van der Waals surface area contributed by atoms with E-state index in [1.807, 2.05) is 24.3 Å². The third-order valence-corrected chi connectivity index (χ3v) is 4.76. The summed E-state index contributed by atoms with van der Waals surface area (Å²) in [5, 5.41) is 15.1. The molecule has 0 aliphatic heterocycles. The van der Waals surface area contributed by atoms with Crippen LogP contribution in [-0.4, -0.2) is 39.9 Å². The molecule has 0 spiro atoms. The van der Waals surface area contributed by atoms with Gasteiger partial charge in [-0.05, 0) is 25.0 Å². The van der Waals surface area contributed by atoms with Crippen molar-refractivity contribution in [2.75, 3.05) is 13.2 Å². The molecule has 0 radical (unpaired) electrons. The average molecular weight is 332 g/mol. The first-order chi connectivity index (χ1) is 11.7. The van der Waals surface area contributed by atoms with Crippen LogP contribution in [0.1, 0.15) is 25.7 Å². The highest BCUT2D eigenvalue weighted by Gasteiger charge is 2.25. The lowest BCUT2D eigenvalue weighted by Gasteiger charge is -2.30. The maximum atomic E-state index is 12.1. The molecule has 0 saturated heterocycles. The van der Waals surface area contributed by atoms with Crippen LogP contribution in [0.2, 0.25) is 0 Å². The highest BCUT2D eigenvalue weighted by Crippen LogP contribution is 2.23. The maximum Gasteiger partial charge on any atom is 0.326 e. The van der Waals surface area contributed by atoms with Crippen molar-refractivity contribution in [1.29, 1.82) is 0 Å². The van der Waals surface area contributed by atoms with E-state index in [1.165, 1.54) is 0 Å². The van der Waals surface area contributed by atoms with Crippen molar-refractivity contribution in [3.8, 4) is 0 Å². The molecule has 1 heterocycles. The number of imidazole rings is 1. The fourth-order valence-corrected chi connectivity index (χ4v) is 3.45. The van der Waals surface area contributed by atoms with Crippen molar-refractivity contribution in [2.45, 2.75) is 38.3 Å². The lowest BCUT2D eigenvalue weighted by atomic mass is 9.85. The van der Waals surface area contributed by atoms with Gasteiger partial charge in [-0.2, -0.15) is 0 Å².